The smallest absolute Gasteiger partial charge is 0.137 e. The molecule has 0 spiro atoms. The van der Waals surface area contributed by atoms with Gasteiger partial charge >= 0.3 is 0 Å². The van der Waals surface area contributed by atoms with Gasteiger partial charge in [-0.25, -0.2) is 0 Å². The third-order valence-corrected chi connectivity index (χ3v) is 6.36. The summed E-state index contributed by atoms with van der Waals surface area (Å²) in [6.45, 7) is 11.4. The third kappa shape index (κ3) is 14.5. The van der Waals surface area contributed by atoms with E-state index in [9.17, 15) is 0 Å². The molecule has 0 radical (unpaired) electrons. The van der Waals surface area contributed by atoms with Crippen molar-refractivity contribution in [2.45, 2.75) is 33.3 Å². The normalized spacial score (nSPS) is 11.3. The molecular weight excluding hydrogens is 552 g/mol. The molecule has 0 unspecified atom stereocenters. The number of nitrogens with two attached hydrogens (primary N) is 1. The number of hydrogen-bond donors (Lipinski definition) is 1. The minimum Gasteiger partial charge on any atom is -0.493 e. The van der Waals surface area contributed by atoms with Crippen molar-refractivity contribution in [1.82, 2.24) is 5.16 Å². The van der Waals surface area contributed by atoms with E-state index in [1.54, 1.807) is 0 Å². The van der Waals surface area contributed by atoms with Crippen LogP contribution in [0.25, 0.3) is 11.1 Å². The van der Waals surface area contributed by atoms with E-state index < -0.39 is 0 Å². The van der Waals surface area contributed by atoms with Gasteiger partial charge in [0.2, 0.25) is 0 Å². The van der Waals surface area contributed by atoms with Gasteiger partial charge in [0.1, 0.15) is 17.2 Å². The maximum atomic E-state index is 6.13. The Morgan fingerprint density at radius 1 is 0.628 bits per heavy atom. The molecule has 0 fully saturated rings. The minimum atomic E-state index is 0.383. The van der Waals surface area contributed by atoms with Crippen molar-refractivity contribution in [3.63, 3.8) is 0 Å². The molecule has 3 aromatic rings. The van der Waals surface area contributed by atoms with E-state index in [1.165, 1.54) is 11.1 Å². The molecule has 3 rings (SSSR count). The lowest BCUT2D eigenvalue weighted by atomic mass is 10.00. The van der Waals surface area contributed by atoms with Crippen molar-refractivity contribution in [1.29, 1.82) is 0 Å². The number of aromatic nitrogens is 1. The Hall–Kier alpha value is -2.83. The van der Waals surface area contributed by atoms with Crippen molar-refractivity contribution in [3.05, 3.63) is 71.1 Å². The van der Waals surface area contributed by atoms with E-state index >= 15 is 0 Å². The molecule has 238 valence electrons. The van der Waals surface area contributed by atoms with E-state index in [2.05, 4.69) is 55.4 Å². The number of aryl methyl sites for hydroxylation is 3. The van der Waals surface area contributed by atoms with Crippen LogP contribution in [0.3, 0.4) is 0 Å². The zero-order valence-corrected chi connectivity index (χ0v) is 25.7. The first kappa shape index (κ1) is 34.7. The highest BCUT2D eigenvalue weighted by atomic mass is 16.6. The molecular formula is C33H48N2O8. The number of nitrogens with zero attached hydrogens (tertiary/aromatic N) is 1. The first-order valence-electron chi connectivity index (χ1n) is 15.1. The van der Waals surface area contributed by atoms with Crippen LogP contribution in [0.5, 0.6) is 5.75 Å². The molecule has 1 aromatic heterocycles. The Morgan fingerprint density at radius 3 is 1.72 bits per heavy atom. The van der Waals surface area contributed by atoms with Gasteiger partial charge in [0, 0.05) is 19.0 Å². The van der Waals surface area contributed by atoms with E-state index in [0.29, 0.717) is 92.4 Å². The molecule has 43 heavy (non-hydrogen) atoms. The second-order valence-electron chi connectivity index (χ2n) is 9.94. The average molecular weight is 601 g/mol. The predicted octanol–water partition coefficient (Wildman–Crippen LogP) is 4.53. The van der Waals surface area contributed by atoms with Crippen LogP contribution in [0.1, 0.15) is 29.0 Å². The van der Waals surface area contributed by atoms with Crippen molar-refractivity contribution in [2.75, 3.05) is 85.8 Å². The van der Waals surface area contributed by atoms with Gasteiger partial charge in [-0.1, -0.05) is 35.5 Å². The molecule has 0 amide bonds. The van der Waals surface area contributed by atoms with Crippen molar-refractivity contribution in [3.8, 4) is 16.9 Å². The van der Waals surface area contributed by atoms with Gasteiger partial charge in [-0.3, -0.25) is 0 Å². The van der Waals surface area contributed by atoms with E-state index in [-0.39, 0.29) is 0 Å². The van der Waals surface area contributed by atoms with Crippen LogP contribution in [0, 0.1) is 13.8 Å². The molecule has 0 saturated carbocycles. The summed E-state index contributed by atoms with van der Waals surface area (Å²) in [5, 5.41) is 4.10. The molecule has 1 heterocycles. The Morgan fingerprint density at radius 2 is 1.16 bits per heavy atom. The van der Waals surface area contributed by atoms with Gasteiger partial charge in [0.05, 0.1) is 85.9 Å². The third-order valence-electron chi connectivity index (χ3n) is 6.36. The maximum absolute atomic E-state index is 6.13. The Bertz CT molecular complexity index is 1100. The van der Waals surface area contributed by atoms with Gasteiger partial charge in [0.15, 0.2) is 0 Å². The fourth-order valence-corrected chi connectivity index (χ4v) is 4.30. The summed E-state index contributed by atoms with van der Waals surface area (Å²) in [7, 11) is 0. The summed E-state index contributed by atoms with van der Waals surface area (Å²) >= 11 is 0. The second-order valence-corrected chi connectivity index (χ2v) is 9.94. The van der Waals surface area contributed by atoms with Gasteiger partial charge in [-0.05, 0) is 54.7 Å². The van der Waals surface area contributed by atoms with Gasteiger partial charge in [-0.2, -0.15) is 0 Å². The Labute approximate surface area is 255 Å². The lowest BCUT2D eigenvalue weighted by Crippen LogP contribution is -2.15. The van der Waals surface area contributed by atoms with Crippen LogP contribution >= 0.6 is 0 Å². The maximum Gasteiger partial charge on any atom is 0.137 e. The summed E-state index contributed by atoms with van der Waals surface area (Å²) in [6, 6.07) is 16.7. The Kier molecular flexibility index (Phi) is 17.6. The van der Waals surface area contributed by atoms with Crippen molar-refractivity contribution < 1.29 is 37.7 Å². The quantitative estimate of drug-likeness (QED) is 0.139. The summed E-state index contributed by atoms with van der Waals surface area (Å²) in [5.41, 5.74) is 10.8. The minimum absolute atomic E-state index is 0.383. The fourth-order valence-electron chi connectivity index (χ4n) is 4.30. The summed E-state index contributed by atoms with van der Waals surface area (Å²) in [5.74, 6) is 1.78. The zero-order chi connectivity index (χ0) is 30.4. The monoisotopic (exact) mass is 600 g/mol. The van der Waals surface area contributed by atoms with Gasteiger partial charge in [-0.15, -0.1) is 0 Å². The fraction of sp³-hybridized carbons (Fsp3) is 0.545. The topological polar surface area (TPSA) is 117 Å². The van der Waals surface area contributed by atoms with Crippen LogP contribution in [0.4, 0.5) is 0 Å². The lowest BCUT2D eigenvalue weighted by molar-refractivity contribution is -0.0176. The molecule has 0 saturated heterocycles. The molecule has 0 aliphatic heterocycles. The van der Waals surface area contributed by atoms with Crippen LogP contribution in [-0.4, -0.2) is 91.0 Å². The SMILES string of the molecule is Cc1cc(-c2ccccc2)cc(C)c1OCCCc1cc(COCCOCCOCCOCCOCCOCCN)no1. The molecule has 10 heteroatoms. The molecule has 0 aliphatic rings. The highest BCUT2D eigenvalue weighted by Crippen LogP contribution is 2.30. The number of benzene rings is 2. The summed E-state index contributed by atoms with van der Waals surface area (Å²) < 4.78 is 44.3. The van der Waals surface area contributed by atoms with Crippen molar-refractivity contribution in [2.24, 2.45) is 5.73 Å². The van der Waals surface area contributed by atoms with Crippen LogP contribution in [0.15, 0.2) is 53.1 Å². The van der Waals surface area contributed by atoms with Crippen LogP contribution in [0.2, 0.25) is 0 Å². The van der Waals surface area contributed by atoms with Crippen molar-refractivity contribution >= 4 is 0 Å². The molecule has 0 atom stereocenters. The van der Waals surface area contributed by atoms with Gasteiger partial charge in [0.25, 0.3) is 0 Å². The summed E-state index contributed by atoms with van der Waals surface area (Å²) in [4.78, 5) is 0. The first-order valence-corrected chi connectivity index (χ1v) is 15.1. The van der Waals surface area contributed by atoms with E-state index in [1.807, 2.05) is 12.1 Å². The Balaban J connectivity index is 1.14. The predicted molar refractivity (Wildman–Crippen MR) is 164 cm³/mol. The molecule has 2 aromatic carbocycles. The largest absolute Gasteiger partial charge is 0.493 e. The number of rotatable bonds is 25. The lowest BCUT2D eigenvalue weighted by Gasteiger charge is -2.14. The van der Waals surface area contributed by atoms with E-state index in [4.69, 9.17) is 43.4 Å². The van der Waals surface area contributed by atoms with E-state index in [0.717, 1.165) is 41.2 Å². The zero-order valence-electron chi connectivity index (χ0n) is 25.7. The standard InChI is InChI=1S/C33H48N2O8/c1-27-23-30(29-7-4-3-5-8-29)24-28(2)33(27)42-11-6-9-32-25-31(35-43-32)26-41-22-21-40-20-19-39-18-17-38-16-15-37-14-13-36-12-10-34/h3-5,7-8,23-25H,6,9-22,26,34H2,1-2H3. The highest BCUT2D eigenvalue weighted by molar-refractivity contribution is 5.67. The molecule has 2 N–H and O–H groups in total. The highest BCUT2D eigenvalue weighted by Gasteiger charge is 2.09. The number of ether oxygens (including phenoxy) is 7. The molecule has 10 nitrogen and oxygen atoms in total. The molecule has 0 bridgehead atoms. The summed E-state index contributed by atoms with van der Waals surface area (Å²) in [6.07, 6.45) is 1.58. The van der Waals surface area contributed by atoms with Crippen LogP contribution < -0.4 is 10.5 Å². The number of hydrogen-bond acceptors (Lipinski definition) is 10. The van der Waals surface area contributed by atoms with Gasteiger partial charge < -0.3 is 43.4 Å². The van der Waals surface area contributed by atoms with Crippen LogP contribution in [-0.2, 0) is 41.4 Å². The first-order chi connectivity index (χ1) is 21.2. The molecule has 0 aliphatic carbocycles. The second kappa shape index (κ2) is 21.8. The average Bonchev–Trinajstić information content (AvgIpc) is 3.47.